The molecule has 10 heteroatoms. The molecule has 1 fully saturated rings. The molecule has 2 aromatic heterocycles. The number of carbonyl (C=O) groups excluding carboxylic acids is 1. The number of nitrogens with two attached hydrogens (primary N) is 1. The van der Waals surface area contributed by atoms with Crippen molar-refractivity contribution in [2.75, 3.05) is 25.4 Å². The van der Waals surface area contributed by atoms with E-state index in [-0.39, 0.29) is 0 Å². The smallest absolute Gasteiger partial charge is 0.175 e. The zero-order valence-corrected chi connectivity index (χ0v) is 22.1. The SMILES string of the molecule is Nc1ncnc2c1nc(Sc1cc3c(cc1Br)CCCC3)n2CCC1CCN(C[C@H](O)C=O)CC1. The monoisotopic (exact) mass is 558 g/mol. The van der Waals surface area contributed by atoms with Gasteiger partial charge < -0.3 is 25.1 Å². The molecule has 2 aliphatic rings. The van der Waals surface area contributed by atoms with E-state index in [0.717, 1.165) is 71.9 Å². The second-order valence-corrected chi connectivity index (χ2v) is 11.4. The van der Waals surface area contributed by atoms with E-state index in [1.165, 1.54) is 30.3 Å². The molecule has 0 saturated carbocycles. The van der Waals surface area contributed by atoms with Crippen LogP contribution in [0.3, 0.4) is 0 Å². The third-order valence-electron chi connectivity index (χ3n) is 7.19. The van der Waals surface area contributed by atoms with Gasteiger partial charge in [0.1, 0.15) is 18.7 Å². The summed E-state index contributed by atoms with van der Waals surface area (Å²) in [4.78, 5) is 27.6. The molecule has 1 atom stereocenters. The minimum Gasteiger partial charge on any atom is -0.384 e. The number of nitrogen functional groups attached to an aromatic ring is 1. The zero-order chi connectivity index (χ0) is 24.4. The van der Waals surface area contributed by atoms with Gasteiger partial charge in [-0.25, -0.2) is 15.0 Å². The van der Waals surface area contributed by atoms with Gasteiger partial charge in [-0.05, 0) is 103 Å². The first-order chi connectivity index (χ1) is 17.0. The van der Waals surface area contributed by atoms with Gasteiger partial charge in [-0.1, -0.05) is 11.8 Å². The molecule has 35 heavy (non-hydrogen) atoms. The molecular weight excluding hydrogens is 528 g/mol. The maximum Gasteiger partial charge on any atom is 0.175 e. The first kappa shape index (κ1) is 24.7. The molecule has 1 aliphatic carbocycles. The molecule has 1 aliphatic heterocycles. The van der Waals surface area contributed by atoms with Gasteiger partial charge in [-0.3, -0.25) is 0 Å². The summed E-state index contributed by atoms with van der Waals surface area (Å²) in [5.74, 6) is 0.978. The molecule has 8 nitrogen and oxygen atoms in total. The van der Waals surface area contributed by atoms with Gasteiger partial charge in [0.25, 0.3) is 0 Å². The number of aryl methyl sites for hydroxylation is 3. The number of likely N-dealkylation sites (tertiary alicyclic amines) is 1. The van der Waals surface area contributed by atoms with Crippen LogP contribution in [0.15, 0.2) is 33.0 Å². The number of aromatic nitrogens is 4. The Labute approximate surface area is 217 Å². The molecule has 3 heterocycles. The van der Waals surface area contributed by atoms with Crippen LogP contribution < -0.4 is 5.73 Å². The number of carbonyl (C=O) groups is 1. The minimum atomic E-state index is -0.892. The molecule has 3 aromatic rings. The number of aliphatic hydroxyl groups is 1. The highest BCUT2D eigenvalue weighted by atomic mass is 79.9. The number of hydrogen-bond acceptors (Lipinski definition) is 8. The lowest BCUT2D eigenvalue weighted by molar-refractivity contribution is -0.115. The molecular formula is C25H31BrN6O2S. The topological polar surface area (TPSA) is 110 Å². The van der Waals surface area contributed by atoms with Crippen LogP contribution in [0.4, 0.5) is 5.82 Å². The van der Waals surface area contributed by atoms with Gasteiger partial charge in [0, 0.05) is 22.5 Å². The minimum absolute atomic E-state index is 0.405. The molecule has 0 amide bonds. The average molecular weight is 560 g/mol. The van der Waals surface area contributed by atoms with Gasteiger partial charge in [0.15, 0.2) is 22.1 Å². The van der Waals surface area contributed by atoms with E-state index >= 15 is 0 Å². The van der Waals surface area contributed by atoms with Crippen molar-refractivity contribution >= 4 is 51.0 Å². The van der Waals surface area contributed by atoms with Crippen LogP contribution in [-0.4, -0.2) is 61.5 Å². The van der Waals surface area contributed by atoms with Gasteiger partial charge >= 0.3 is 0 Å². The second-order valence-electron chi connectivity index (χ2n) is 9.57. The molecule has 5 rings (SSSR count). The van der Waals surface area contributed by atoms with E-state index < -0.39 is 6.10 Å². The molecule has 3 N–H and O–H groups in total. The number of halogens is 1. The van der Waals surface area contributed by atoms with Crippen molar-refractivity contribution in [1.29, 1.82) is 0 Å². The maximum absolute atomic E-state index is 10.8. The first-order valence-electron chi connectivity index (χ1n) is 12.3. The molecule has 1 aromatic carbocycles. The fourth-order valence-electron chi connectivity index (χ4n) is 5.20. The van der Waals surface area contributed by atoms with Crippen molar-refractivity contribution in [3.8, 4) is 0 Å². The largest absolute Gasteiger partial charge is 0.384 e. The van der Waals surface area contributed by atoms with Crippen LogP contribution in [0.5, 0.6) is 0 Å². The van der Waals surface area contributed by atoms with Crippen LogP contribution in [0.1, 0.15) is 43.2 Å². The van der Waals surface area contributed by atoms with Crippen LogP contribution in [0, 0.1) is 5.92 Å². The van der Waals surface area contributed by atoms with Gasteiger partial charge in [0.2, 0.25) is 0 Å². The highest BCUT2D eigenvalue weighted by molar-refractivity contribution is 9.10. The zero-order valence-electron chi connectivity index (χ0n) is 19.7. The van der Waals surface area contributed by atoms with E-state index in [9.17, 15) is 9.90 Å². The van der Waals surface area contributed by atoms with Crippen molar-refractivity contribution in [3.63, 3.8) is 0 Å². The summed E-state index contributed by atoms with van der Waals surface area (Å²) >= 11 is 5.45. The summed E-state index contributed by atoms with van der Waals surface area (Å²) in [6, 6.07) is 4.58. The van der Waals surface area contributed by atoms with Crippen LogP contribution >= 0.6 is 27.7 Å². The Kier molecular flexibility index (Phi) is 7.71. The fraction of sp³-hybridized carbons (Fsp3) is 0.520. The number of imidazole rings is 1. The summed E-state index contributed by atoms with van der Waals surface area (Å²) < 4.78 is 3.29. The standard InChI is InChI=1S/C25H31BrN6O2S/c26-20-11-17-3-1-2-4-18(17)12-21(20)35-25-30-22-23(27)28-15-29-24(22)32(25)10-7-16-5-8-31(9-6-16)13-19(34)14-33/h11-12,14-16,19,34H,1-10,13H2,(H2,27,28,29)/t19-/m0/s1. The quantitative estimate of drug-likeness (QED) is 0.401. The van der Waals surface area contributed by atoms with Crippen LogP contribution in [-0.2, 0) is 24.2 Å². The predicted octanol–water partition coefficient (Wildman–Crippen LogP) is 3.86. The number of aliphatic hydroxyl groups excluding tert-OH is 1. The average Bonchev–Trinajstić information content (AvgIpc) is 3.22. The number of rotatable bonds is 8. The summed E-state index contributed by atoms with van der Waals surface area (Å²) in [6.45, 7) is 3.03. The number of anilines is 1. The Hall–Kier alpha value is -2.01. The third-order valence-corrected chi connectivity index (χ3v) is 9.16. The molecule has 0 spiro atoms. The van der Waals surface area contributed by atoms with E-state index in [1.807, 2.05) is 0 Å². The lowest BCUT2D eigenvalue weighted by Gasteiger charge is -2.32. The Morgan fingerprint density at radius 3 is 2.69 bits per heavy atom. The summed E-state index contributed by atoms with van der Waals surface area (Å²) in [5.41, 5.74) is 10.5. The number of fused-ring (bicyclic) bond motifs is 2. The van der Waals surface area contributed by atoms with Gasteiger partial charge in [-0.2, -0.15) is 0 Å². The Morgan fingerprint density at radius 1 is 1.20 bits per heavy atom. The molecule has 0 bridgehead atoms. The van der Waals surface area contributed by atoms with Gasteiger partial charge in [-0.15, -0.1) is 0 Å². The van der Waals surface area contributed by atoms with Crippen molar-refractivity contribution in [2.45, 2.75) is 67.6 Å². The number of hydrogen-bond donors (Lipinski definition) is 2. The van der Waals surface area contributed by atoms with Gasteiger partial charge in [0.05, 0.1) is 0 Å². The Morgan fingerprint density at radius 2 is 1.94 bits per heavy atom. The Balaban J connectivity index is 1.34. The molecule has 186 valence electrons. The number of piperidine rings is 1. The maximum atomic E-state index is 10.8. The molecule has 0 radical (unpaired) electrons. The molecule has 1 saturated heterocycles. The summed E-state index contributed by atoms with van der Waals surface area (Å²) in [5, 5.41) is 10.5. The van der Waals surface area contributed by atoms with E-state index in [1.54, 1.807) is 11.8 Å². The fourth-order valence-corrected chi connectivity index (χ4v) is 6.81. The summed E-state index contributed by atoms with van der Waals surface area (Å²) in [7, 11) is 0. The number of β-amino-alcohol motifs (C(OH)–C–C–N with tert-alkyl or cyclic N) is 1. The Bertz CT molecular complexity index is 1210. The third kappa shape index (κ3) is 5.55. The summed E-state index contributed by atoms with van der Waals surface area (Å²) in [6.07, 6.45) is 9.13. The highest BCUT2D eigenvalue weighted by Crippen LogP contribution is 2.38. The van der Waals surface area contributed by atoms with Crippen molar-refractivity contribution in [3.05, 3.63) is 34.1 Å². The number of nitrogens with zero attached hydrogens (tertiary/aromatic N) is 5. The lowest BCUT2D eigenvalue weighted by atomic mass is 9.92. The van der Waals surface area contributed by atoms with Crippen LogP contribution in [0.25, 0.3) is 11.2 Å². The van der Waals surface area contributed by atoms with Crippen molar-refractivity contribution in [1.82, 2.24) is 24.4 Å². The lowest BCUT2D eigenvalue weighted by Crippen LogP contribution is -2.39. The normalized spacial score (nSPS) is 18.0. The molecule has 0 unspecified atom stereocenters. The first-order valence-corrected chi connectivity index (χ1v) is 13.9. The number of aldehydes is 1. The number of benzene rings is 1. The van der Waals surface area contributed by atoms with E-state index in [4.69, 9.17) is 10.7 Å². The highest BCUT2D eigenvalue weighted by Gasteiger charge is 2.23. The van der Waals surface area contributed by atoms with E-state index in [0.29, 0.717) is 30.1 Å². The predicted molar refractivity (Wildman–Crippen MR) is 140 cm³/mol. The van der Waals surface area contributed by atoms with E-state index in [2.05, 4.69) is 47.5 Å². The second kappa shape index (κ2) is 10.9. The van der Waals surface area contributed by atoms with Crippen LogP contribution in [0.2, 0.25) is 0 Å². The van der Waals surface area contributed by atoms with Crippen molar-refractivity contribution in [2.24, 2.45) is 5.92 Å². The van der Waals surface area contributed by atoms with Crippen molar-refractivity contribution < 1.29 is 9.90 Å².